The monoisotopic (exact) mass is 361 g/mol. The van der Waals surface area contributed by atoms with E-state index in [-0.39, 0.29) is 11.5 Å². The molecule has 3 aromatic rings. The van der Waals surface area contributed by atoms with Crippen LogP contribution in [0, 0.1) is 0 Å². The van der Waals surface area contributed by atoms with Crippen LogP contribution in [0.2, 0.25) is 0 Å². The first kappa shape index (κ1) is 17.3. The number of nitrogens with one attached hydrogen (secondary N) is 1. The zero-order valence-electron chi connectivity index (χ0n) is 15.2. The molecule has 1 aliphatic heterocycles. The fraction of sp³-hybridized carbons (Fsp3) is 0.273. The molecule has 0 radical (unpaired) electrons. The Balaban J connectivity index is 1.35. The van der Waals surface area contributed by atoms with E-state index >= 15 is 0 Å². The smallest absolute Gasteiger partial charge is 0.251 e. The lowest BCUT2D eigenvalue weighted by Crippen LogP contribution is -2.48. The van der Waals surface area contributed by atoms with Crippen molar-refractivity contribution in [2.45, 2.75) is 12.8 Å². The van der Waals surface area contributed by atoms with E-state index in [0.29, 0.717) is 18.4 Å². The third kappa shape index (κ3) is 3.87. The van der Waals surface area contributed by atoms with Crippen LogP contribution < -0.4 is 10.5 Å². The molecule has 0 spiro atoms. The number of carbonyl (C=O) groups is 1. The Bertz CT molecular complexity index is 989. The van der Waals surface area contributed by atoms with Crippen molar-refractivity contribution in [2.24, 2.45) is 0 Å². The highest BCUT2D eigenvalue weighted by Crippen LogP contribution is 2.16. The molecule has 0 saturated carbocycles. The van der Waals surface area contributed by atoms with Gasteiger partial charge in [-0.1, -0.05) is 36.4 Å². The van der Waals surface area contributed by atoms with Gasteiger partial charge in [-0.15, -0.1) is 0 Å². The molecule has 0 atom stereocenters. The minimum Gasteiger partial charge on any atom is -0.368 e. The number of pyridine rings is 1. The summed E-state index contributed by atoms with van der Waals surface area (Å²) in [6, 6.07) is 19.9. The molecule has 2 heterocycles. The van der Waals surface area contributed by atoms with Crippen LogP contribution in [0.4, 0.5) is 5.69 Å². The molecule has 0 bridgehead atoms. The number of aromatic amines is 1. The van der Waals surface area contributed by atoms with Crippen molar-refractivity contribution < 1.29 is 4.79 Å². The summed E-state index contributed by atoms with van der Waals surface area (Å²) in [5, 5.41) is 0.996. The van der Waals surface area contributed by atoms with E-state index < -0.39 is 0 Å². The summed E-state index contributed by atoms with van der Waals surface area (Å²) in [5.74, 6) is 0.121. The number of hydrogen-bond donors (Lipinski definition) is 1. The Morgan fingerprint density at radius 2 is 1.63 bits per heavy atom. The Morgan fingerprint density at radius 3 is 2.41 bits per heavy atom. The van der Waals surface area contributed by atoms with Gasteiger partial charge in [0, 0.05) is 49.4 Å². The highest BCUT2D eigenvalue weighted by Gasteiger charge is 2.21. The lowest BCUT2D eigenvalue weighted by Gasteiger charge is -2.36. The molecule has 0 aliphatic carbocycles. The van der Waals surface area contributed by atoms with Crippen LogP contribution in [0.15, 0.2) is 65.5 Å². The fourth-order valence-electron chi connectivity index (χ4n) is 3.63. The minimum absolute atomic E-state index is 0.101. The van der Waals surface area contributed by atoms with E-state index in [1.54, 1.807) is 0 Å². The van der Waals surface area contributed by atoms with Gasteiger partial charge in [-0.3, -0.25) is 9.59 Å². The van der Waals surface area contributed by atoms with Crippen LogP contribution in [0.5, 0.6) is 0 Å². The highest BCUT2D eigenvalue weighted by molar-refractivity contribution is 5.79. The maximum absolute atomic E-state index is 12.6. The topological polar surface area (TPSA) is 56.4 Å². The first-order chi connectivity index (χ1) is 13.2. The predicted molar refractivity (Wildman–Crippen MR) is 108 cm³/mol. The summed E-state index contributed by atoms with van der Waals surface area (Å²) in [5.41, 5.74) is 2.60. The number of aromatic nitrogens is 1. The summed E-state index contributed by atoms with van der Waals surface area (Å²) in [6.45, 7) is 3.13. The van der Waals surface area contributed by atoms with E-state index in [2.05, 4.69) is 22.0 Å². The summed E-state index contributed by atoms with van der Waals surface area (Å²) in [6.07, 6.45) is 0.838. The molecule has 1 aromatic heterocycles. The van der Waals surface area contributed by atoms with Crippen molar-refractivity contribution in [3.8, 4) is 0 Å². The molecule has 2 aromatic carbocycles. The first-order valence-electron chi connectivity index (χ1n) is 9.39. The largest absolute Gasteiger partial charge is 0.368 e. The van der Waals surface area contributed by atoms with Gasteiger partial charge in [-0.2, -0.15) is 0 Å². The standard InChI is InChI=1S/C22H23N3O2/c26-21(25-14-12-24(13-15-25)19-7-2-1-3-8-19)11-10-18-16-17-6-4-5-9-20(17)23-22(18)27/h1-9,16H,10-15H2,(H,23,27). The van der Waals surface area contributed by atoms with Crippen molar-refractivity contribution in [1.29, 1.82) is 0 Å². The van der Waals surface area contributed by atoms with Crippen LogP contribution in [-0.4, -0.2) is 42.0 Å². The lowest BCUT2D eigenvalue weighted by atomic mass is 10.1. The van der Waals surface area contributed by atoms with Gasteiger partial charge < -0.3 is 14.8 Å². The molecular weight excluding hydrogens is 338 g/mol. The molecule has 1 saturated heterocycles. The van der Waals surface area contributed by atoms with Crippen LogP contribution in [-0.2, 0) is 11.2 Å². The van der Waals surface area contributed by atoms with Gasteiger partial charge in [-0.05, 0) is 36.1 Å². The molecule has 5 heteroatoms. The SMILES string of the molecule is O=C(CCc1cc2ccccc2[nH]c1=O)N1CCN(c2ccccc2)CC1. The third-order valence-corrected chi connectivity index (χ3v) is 5.19. The predicted octanol–water partition coefficient (Wildman–Crippen LogP) is 2.81. The molecule has 27 heavy (non-hydrogen) atoms. The average Bonchev–Trinajstić information content (AvgIpc) is 2.73. The highest BCUT2D eigenvalue weighted by atomic mass is 16.2. The number of amides is 1. The maximum Gasteiger partial charge on any atom is 0.251 e. The van der Waals surface area contributed by atoms with Gasteiger partial charge in [0.05, 0.1) is 0 Å². The quantitative estimate of drug-likeness (QED) is 0.777. The van der Waals surface area contributed by atoms with Crippen molar-refractivity contribution in [3.63, 3.8) is 0 Å². The molecule has 0 unspecified atom stereocenters. The number of rotatable bonds is 4. The van der Waals surface area contributed by atoms with Crippen molar-refractivity contribution in [1.82, 2.24) is 9.88 Å². The molecule has 1 fully saturated rings. The number of piperazine rings is 1. The number of carbonyl (C=O) groups excluding carboxylic acids is 1. The molecule has 4 rings (SSSR count). The number of nitrogens with zero attached hydrogens (tertiary/aromatic N) is 2. The number of benzene rings is 2. The van der Waals surface area contributed by atoms with Gasteiger partial charge in [0.25, 0.3) is 5.56 Å². The lowest BCUT2D eigenvalue weighted by molar-refractivity contribution is -0.131. The van der Waals surface area contributed by atoms with E-state index in [1.165, 1.54) is 5.69 Å². The molecule has 5 nitrogen and oxygen atoms in total. The maximum atomic E-state index is 12.6. The van der Waals surface area contributed by atoms with Crippen LogP contribution in [0.25, 0.3) is 10.9 Å². The summed E-state index contributed by atoms with van der Waals surface area (Å²) < 4.78 is 0. The van der Waals surface area contributed by atoms with Crippen LogP contribution in [0.1, 0.15) is 12.0 Å². The Labute approximate surface area is 158 Å². The summed E-state index contributed by atoms with van der Waals surface area (Å²) >= 11 is 0. The second kappa shape index (κ2) is 7.66. The first-order valence-corrected chi connectivity index (χ1v) is 9.39. The second-order valence-electron chi connectivity index (χ2n) is 6.91. The Hall–Kier alpha value is -3.08. The summed E-state index contributed by atoms with van der Waals surface area (Å²) in [4.78, 5) is 31.9. The summed E-state index contributed by atoms with van der Waals surface area (Å²) in [7, 11) is 0. The van der Waals surface area contributed by atoms with Gasteiger partial charge in [0.15, 0.2) is 0 Å². The third-order valence-electron chi connectivity index (χ3n) is 5.19. The number of H-pyrrole nitrogens is 1. The number of para-hydroxylation sites is 2. The van der Waals surface area contributed by atoms with E-state index in [0.717, 1.165) is 37.1 Å². The van der Waals surface area contributed by atoms with Crippen molar-refractivity contribution >= 4 is 22.5 Å². The molecule has 138 valence electrons. The molecular formula is C22H23N3O2. The second-order valence-corrected chi connectivity index (χ2v) is 6.91. The van der Waals surface area contributed by atoms with Crippen molar-refractivity contribution in [3.05, 3.63) is 76.6 Å². The van der Waals surface area contributed by atoms with E-state index in [1.807, 2.05) is 53.4 Å². The Morgan fingerprint density at radius 1 is 0.926 bits per heavy atom. The normalized spacial score (nSPS) is 14.5. The van der Waals surface area contributed by atoms with Gasteiger partial charge >= 0.3 is 0 Å². The van der Waals surface area contributed by atoms with E-state index in [4.69, 9.17) is 0 Å². The van der Waals surface area contributed by atoms with Crippen molar-refractivity contribution in [2.75, 3.05) is 31.1 Å². The molecule has 1 aliphatic rings. The Kier molecular flexibility index (Phi) is 4.92. The van der Waals surface area contributed by atoms with Gasteiger partial charge in [-0.25, -0.2) is 0 Å². The fourth-order valence-corrected chi connectivity index (χ4v) is 3.63. The van der Waals surface area contributed by atoms with Gasteiger partial charge in [0.2, 0.25) is 5.91 Å². The molecule has 1 N–H and O–H groups in total. The average molecular weight is 361 g/mol. The van der Waals surface area contributed by atoms with Crippen LogP contribution >= 0.6 is 0 Å². The number of aryl methyl sites for hydroxylation is 1. The zero-order chi connectivity index (χ0) is 18.6. The van der Waals surface area contributed by atoms with Crippen LogP contribution in [0.3, 0.4) is 0 Å². The van der Waals surface area contributed by atoms with E-state index in [9.17, 15) is 9.59 Å². The molecule has 1 amide bonds. The zero-order valence-corrected chi connectivity index (χ0v) is 15.2. The van der Waals surface area contributed by atoms with Gasteiger partial charge in [0.1, 0.15) is 0 Å². The minimum atomic E-state index is -0.101. The number of fused-ring (bicyclic) bond motifs is 1. The number of hydrogen-bond acceptors (Lipinski definition) is 3. The number of anilines is 1.